The summed E-state index contributed by atoms with van der Waals surface area (Å²) in [6.07, 6.45) is 5.32. The summed E-state index contributed by atoms with van der Waals surface area (Å²) in [6, 6.07) is 3.60. The summed E-state index contributed by atoms with van der Waals surface area (Å²) in [4.78, 5) is 43.8. The third-order valence-corrected chi connectivity index (χ3v) is 5.62. The number of nitrogens with one attached hydrogen (secondary N) is 1. The monoisotopic (exact) mass is 529 g/mol. The fourth-order valence-electron chi connectivity index (χ4n) is 3.40. The summed E-state index contributed by atoms with van der Waals surface area (Å²) in [5.74, 6) is 3.19. The van der Waals surface area contributed by atoms with Crippen molar-refractivity contribution in [3.05, 3.63) is 89.0 Å². The summed E-state index contributed by atoms with van der Waals surface area (Å²) in [7, 11) is 4.01. The van der Waals surface area contributed by atoms with Gasteiger partial charge in [-0.05, 0) is 31.9 Å². The van der Waals surface area contributed by atoms with Crippen LogP contribution in [0.1, 0.15) is 44.3 Å². The van der Waals surface area contributed by atoms with Gasteiger partial charge in [-0.1, -0.05) is 13.8 Å². The van der Waals surface area contributed by atoms with Crippen molar-refractivity contribution in [3.63, 3.8) is 0 Å². The molecule has 3 N–H and O–H groups in total. The number of hydrogen-bond donors (Lipinski definition) is 2. The predicted molar refractivity (Wildman–Crippen MR) is 144 cm³/mol. The van der Waals surface area contributed by atoms with Gasteiger partial charge in [0.25, 0.3) is 21.7 Å². The van der Waals surface area contributed by atoms with Gasteiger partial charge < -0.3 is 29.7 Å². The number of aryl methyl sites for hydroxylation is 1. The maximum atomic E-state index is 11.4. The van der Waals surface area contributed by atoms with Crippen molar-refractivity contribution < 1.29 is 23.1 Å². The lowest BCUT2D eigenvalue weighted by atomic mass is 10.1. The molecule has 2 atom stereocenters. The average molecular weight is 530 g/mol. The van der Waals surface area contributed by atoms with Gasteiger partial charge in [0.15, 0.2) is 5.75 Å². The Labute approximate surface area is 219 Å². The molecule has 0 aliphatic carbocycles. The Hall–Kier alpha value is -4.25. The number of anilines is 1. The first kappa shape index (κ1) is 30.0. The summed E-state index contributed by atoms with van der Waals surface area (Å²) in [6.45, 7) is 9.48. The third-order valence-electron chi connectivity index (χ3n) is 5.62. The normalized spacial score (nSPS) is 13.7. The molecule has 3 aromatic rings. The van der Waals surface area contributed by atoms with E-state index in [2.05, 4.69) is 21.4 Å². The van der Waals surface area contributed by atoms with Crippen LogP contribution in [0.2, 0.25) is 0 Å². The highest BCUT2D eigenvalue weighted by Crippen LogP contribution is 2.27. The quantitative estimate of drug-likeness (QED) is 0.310. The van der Waals surface area contributed by atoms with Gasteiger partial charge >= 0.3 is 11.5 Å². The number of ether oxygens (including phenoxy) is 3. The van der Waals surface area contributed by atoms with Crippen LogP contribution < -0.4 is 47.0 Å². The van der Waals surface area contributed by atoms with Crippen molar-refractivity contribution in [2.24, 2.45) is 5.73 Å². The minimum Gasteiger partial charge on any atom is -0.491 e. The van der Waals surface area contributed by atoms with E-state index in [1.807, 2.05) is 45.1 Å². The van der Waals surface area contributed by atoms with E-state index in [0.29, 0.717) is 5.76 Å². The second-order valence-corrected chi connectivity index (χ2v) is 8.16. The Morgan fingerprint density at radius 1 is 0.895 bits per heavy atom. The van der Waals surface area contributed by atoms with Gasteiger partial charge in [-0.25, -0.2) is 4.42 Å². The van der Waals surface area contributed by atoms with Gasteiger partial charge in [0.1, 0.15) is 23.2 Å². The zero-order chi connectivity index (χ0) is 28.6. The Balaban J connectivity index is 0.000000216. The van der Waals surface area contributed by atoms with E-state index in [-0.39, 0.29) is 35.0 Å². The molecule has 0 saturated carbocycles. The van der Waals surface area contributed by atoms with E-state index in [9.17, 15) is 19.2 Å². The fraction of sp³-hybridized carbons (Fsp3) is 0.370. The van der Waals surface area contributed by atoms with Gasteiger partial charge in [0.2, 0.25) is 11.5 Å². The second-order valence-electron chi connectivity index (χ2n) is 8.16. The van der Waals surface area contributed by atoms with E-state index >= 15 is 0 Å². The van der Waals surface area contributed by atoms with Crippen LogP contribution in [0.15, 0.2) is 60.2 Å². The van der Waals surface area contributed by atoms with Crippen molar-refractivity contribution in [3.8, 4) is 17.2 Å². The summed E-state index contributed by atoms with van der Waals surface area (Å²) < 4.78 is 24.7. The number of hydrogen-bond acceptors (Lipinski definition) is 10. The van der Waals surface area contributed by atoms with Crippen LogP contribution in [0.3, 0.4) is 0 Å². The van der Waals surface area contributed by atoms with Gasteiger partial charge in [0.05, 0.1) is 33.4 Å². The minimum absolute atomic E-state index is 0.0208. The molecular weight excluding hydrogens is 496 g/mol. The number of nitrogens with two attached hydrogens (primary N) is 1. The van der Waals surface area contributed by atoms with E-state index in [1.54, 1.807) is 0 Å². The largest absolute Gasteiger partial charge is 0.491 e. The van der Waals surface area contributed by atoms with Gasteiger partial charge in [-0.15, -0.1) is 0 Å². The molecule has 0 spiro atoms. The highest BCUT2D eigenvalue weighted by Gasteiger charge is 2.25. The zero-order valence-corrected chi connectivity index (χ0v) is 22.3. The Bertz CT molecular complexity index is 1430. The number of allylic oxidation sites excluding steroid dienone is 1. The molecule has 0 radical (unpaired) electrons. The van der Waals surface area contributed by atoms with E-state index in [0.717, 1.165) is 30.1 Å². The van der Waals surface area contributed by atoms with Crippen LogP contribution in [-0.2, 0) is 4.42 Å². The van der Waals surface area contributed by atoms with Gasteiger partial charge in [-0.3, -0.25) is 19.2 Å². The number of furan rings is 1. The molecule has 4 rings (SSSR count). The Kier molecular flexibility index (Phi) is 10.5. The van der Waals surface area contributed by atoms with Crippen LogP contribution in [0.25, 0.3) is 0 Å². The molecule has 1 aromatic heterocycles. The topological polar surface area (TPSA) is 158 Å². The molecule has 38 heavy (non-hydrogen) atoms. The number of carbonyl (C=O) groups excluding carboxylic acids is 1. The van der Waals surface area contributed by atoms with Crippen LogP contribution in [0, 0.1) is 6.92 Å². The molecule has 2 heterocycles. The van der Waals surface area contributed by atoms with Crippen molar-refractivity contribution in [2.45, 2.75) is 45.7 Å². The first-order valence-corrected chi connectivity index (χ1v) is 11.8. The molecule has 0 unspecified atom stereocenters. The van der Waals surface area contributed by atoms with Crippen LogP contribution in [-0.4, -0.2) is 33.2 Å². The summed E-state index contributed by atoms with van der Waals surface area (Å²) >= 11 is 0. The molecule has 0 saturated heterocycles. The maximum absolute atomic E-state index is 11.4. The van der Waals surface area contributed by atoms with E-state index < -0.39 is 21.7 Å². The first-order valence-electron chi connectivity index (χ1n) is 11.8. The Morgan fingerprint density at radius 3 is 1.84 bits per heavy atom. The fourth-order valence-corrected chi connectivity index (χ4v) is 3.40. The van der Waals surface area contributed by atoms with Crippen molar-refractivity contribution in [2.75, 3.05) is 26.6 Å². The molecule has 0 bridgehead atoms. The number of rotatable bonds is 9. The van der Waals surface area contributed by atoms with Crippen LogP contribution in [0.5, 0.6) is 17.2 Å². The molecule has 11 heteroatoms. The number of methoxy groups -OCH3 is 3. The van der Waals surface area contributed by atoms with Crippen molar-refractivity contribution in [1.82, 2.24) is 0 Å². The lowest BCUT2D eigenvalue weighted by Gasteiger charge is -2.18. The zero-order valence-electron chi connectivity index (χ0n) is 22.3. The van der Waals surface area contributed by atoms with Crippen molar-refractivity contribution in [1.29, 1.82) is 0 Å². The highest BCUT2D eigenvalue weighted by molar-refractivity contribution is 5.96. The van der Waals surface area contributed by atoms with Gasteiger partial charge in [0, 0.05) is 12.7 Å². The first-order chi connectivity index (χ1) is 18.0. The molecule has 11 nitrogen and oxygen atoms in total. The number of ketones is 1. The smallest absolute Gasteiger partial charge is 0.346 e. The SMILES string of the molecule is C=C1C=CC([C@H](N)CC)=[O+]1.CC[C@@H](Nc1c(OC)c(=O)c1=O)c1ccc(C)o1.COc1c(OC)c(=O)c1=O. The summed E-state index contributed by atoms with van der Waals surface area (Å²) in [5.41, 5.74) is 3.59. The second kappa shape index (κ2) is 13.3. The van der Waals surface area contributed by atoms with E-state index in [4.69, 9.17) is 19.3 Å². The summed E-state index contributed by atoms with van der Waals surface area (Å²) in [5, 5.41) is 3.00. The molecule has 1 aliphatic rings. The molecule has 0 fully saturated rings. The third kappa shape index (κ3) is 6.54. The van der Waals surface area contributed by atoms with Gasteiger partial charge in [-0.2, -0.15) is 0 Å². The van der Waals surface area contributed by atoms with Crippen molar-refractivity contribution >= 4 is 11.5 Å². The lowest BCUT2D eigenvalue weighted by molar-refractivity contribution is -0.387. The molecular formula is C27H33N2O9+. The molecule has 1 aliphatic heterocycles. The van der Waals surface area contributed by atoms with E-state index in [1.165, 1.54) is 21.3 Å². The standard InChI is InChI=1S/C13H15NO4.C8H12NO.C6H6O4/c1-4-8(9-6-5-7(2)18-9)14-10-11(15)12(16)13(10)17-3;1-3-7(9)8-5-4-6(2)10-8;1-9-5-3(7)4(8)6(5)10-2/h5-6,8,14H,4H2,1-3H3;4-5,7H,2-3,9H2,1H3;1-2H3/q;+1;/t8-;7-;/m11./s1. The predicted octanol–water partition coefficient (Wildman–Crippen LogP) is 1.97. The molecule has 204 valence electrons. The van der Waals surface area contributed by atoms with Crippen LogP contribution in [0.4, 0.5) is 5.69 Å². The minimum atomic E-state index is -0.612. The average Bonchev–Trinajstić information content (AvgIpc) is 3.56. The Morgan fingerprint density at radius 2 is 1.45 bits per heavy atom. The highest BCUT2D eigenvalue weighted by atomic mass is 16.5. The molecule has 2 aromatic carbocycles. The maximum Gasteiger partial charge on any atom is 0.346 e. The lowest BCUT2D eigenvalue weighted by Crippen LogP contribution is -2.36. The molecule has 0 amide bonds. The van der Waals surface area contributed by atoms with Crippen LogP contribution >= 0.6 is 0 Å².